The quantitative estimate of drug-likeness (QED) is 0.853. The Labute approximate surface area is 110 Å². The first-order chi connectivity index (χ1) is 8.90. The summed E-state index contributed by atoms with van der Waals surface area (Å²) in [6.45, 7) is 0.339. The summed E-state index contributed by atoms with van der Waals surface area (Å²) in [5.74, 6) is -1.77. The lowest BCUT2D eigenvalue weighted by Gasteiger charge is -2.17. The summed E-state index contributed by atoms with van der Waals surface area (Å²) >= 11 is 0. The van der Waals surface area contributed by atoms with Crippen LogP contribution in [-0.4, -0.2) is 31.8 Å². The highest BCUT2D eigenvalue weighted by atomic mass is 32.2. The summed E-state index contributed by atoms with van der Waals surface area (Å²) in [6, 6.07) is 3.93. The normalized spacial score (nSPS) is 18.1. The van der Waals surface area contributed by atoms with E-state index in [-0.39, 0.29) is 17.0 Å². The summed E-state index contributed by atoms with van der Waals surface area (Å²) < 4.78 is 38.3. The Bertz CT molecular complexity index is 639. The molecular weight excluding hydrogens is 273 g/mol. The van der Waals surface area contributed by atoms with Gasteiger partial charge in [-0.3, -0.25) is 4.31 Å². The smallest absolute Gasteiger partial charge is 0.328 e. The first kappa shape index (κ1) is 13.5. The van der Waals surface area contributed by atoms with Crippen LogP contribution in [0.5, 0.6) is 0 Å². The van der Waals surface area contributed by atoms with E-state index in [1.54, 1.807) is 0 Å². The summed E-state index contributed by atoms with van der Waals surface area (Å²) in [6.07, 6.45) is 2.47. The lowest BCUT2D eigenvalue weighted by molar-refractivity contribution is -0.131. The van der Waals surface area contributed by atoms with Crippen LogP contribution in [0.2, 0.25) is 0 Å². The molecule has 7 heteroatoms. The molecule has 0 aromatic heterocycles. The van der Waals surface area contributed by atoms with Gasteiger partial charge < -0.3 is 5.11 Å². The molecule has 0 amide bonds. The lowest BCUT2D eigenvalue weighted by Crippen LogP contribution is -2.25. The summed E-state index contributed by atoms with van der Waals surface area (Å²) in [5.41, 5.74) is 0.366. The zero-order valence-corrected chi connectivity index (χ0v) is 10.7. The third kappa shape index (κ3) is 2.93. The van der Waals surface area contributed by atoms with Gasteiger partial charge >= 0.3 is 5.97 Å². The number of aliphatic carboxylic acids is 1. The van der Waals surface area contributed by atoms with Gasteiger partial charge in [-0.25, -0.2) is 17.6 Å². The zero-order valence-electron chi connectivity index (χ0n) is 9.91. The van der Waals surface area contributed by atoms with Gasteiger partial charge in [0.15, 0.2) is 0 Å². The Morgan fingerprint density at radius 1 is 1.42 bits per heavy atom. The molecule has 2 rings (SSSR count). The molecule has 0 bridgehead atoms. The maximum Gasteiger partial charge on any atom is 0.328 e. The fourth-order valence-corrected chi connectivity index (χ4v) is 3.45. The van der Waals surface area contributed by atoms with E-state index in [9.17, 15) is 17.6 Å². The van der Waals surface area contributed by atoms with Crippen molar-refractivity contribution in [2.24, 2.45) is 0 Å². The topological polar surface area (TPSA) is 74.7 Å². The molecule has 0 radical (unpaired) electrons. The molecule has 1 heterocycles. The molecule has 102 valence electrons. The number of carboxylic acid groups (broad SMARTS) is 1. The van der Waals surface area contributed by atoms with E-state index < -0.39 is 21.8 Å². The number of nitrogens with zero attached hydrogens (tertiary/aromatic N) is 1. The molecule has 1 fully saturated rings. The number of halogens is 1. The Hall–Kier alpha value is -1.89. The molecule has 1 aromatic rings. The minimum atomic E-state index is -3.34. The molecule has 0 atom stereocenters. The van der Waals surface area contributed by atoms with Crippen LogP contribution in [0.4, 0.5) is 10.1 Å². The highest BCUT2D eigenvalue weighted by Crippen LogP contribution is 2.26. The minimum Gasteiger partial charge on any atom is -0.478 e. The predicted molar refractivity (Wildman–Crippen MR) is 68.8 cm³/mol. The first-order valence-corrected chi connectivity index (χ1v) is 7.22. The molecule has 5 nitrogen and oxygen atoms in total. The number of rotatable bonds is 3. The minimum absolute atomic E-state index is 0.0648. The van der Waals surface area contributed by atoms with Gasteiger partial charge in [0.1, 0.15) is 5.82 Å². The van der Waals surface area contributed by atoms with Crippen molar-refractivity contribution in [3.8, 4) is 0 Å². The molecule has 0 aliphatic carbocycles. The van der Waals surface area contributed by atoms with Crippen LogP contribution in [0, 0.1) is 5.82 Å². The lowest BCUT2D eigenvalue weighted by atomic mass is 10.1. The SMILES string of the molecule is O=C(O)C=Cc1ccc(N2CCCS2(=O)=O)cc1F. The predicted octanol–water partition coefficient (Wildman–Crippen LogP) is 1.46. The van der Waals surface area contributed by atoms with Gasteiger partial charge in [0, 0.05) is 18.2 Å². The first-order valence-electron chi connectivity index (χ1n) is 5.61. The van der Waals surface area contributed by atoms with E-state index in [2.05, 4.69) is 0 Å². The second-order valence-corrected chi connectivity index (χ2v) is 6.13. The number of hydrogen-bond donors (Lipinski definition) is 1. The van der Waals surface area contributed by atoms with Crippen molar-refractivity contribution in [1.82, 2.24) is 0 Å². The molecule has 0 unspecified atom stereocenters. The van der Waals surface area contributed by atoms with E-state index in [1.807, 2.05) is 0 Å². The fourth-order valence-electron chi connectivity index (χ4n) is 1.90. The molecule has 0 spiro atoms. The van der Waals surface area contributed by atoms with E-state index in [0.29, 0.717) is 13.0 Å². The number of hydrogen-bond acceptors (Lipinski definition) is 3. The van der Waals surface area contributed by atoms with Crippen molar-refractivity contribution in [3.05, 3.63) is 35.7 Å². The number of anilines is 1. The Morgan fingerprint density at radius 3 is 2.68 bits per heavy atom. The molecule has 19 heavy (non-hydrogen) atoms. The highest BCUT2D eigenvalue weighted by Gasteiger charge is 2.28. The van der Waals surface area contributed by atoms with E-state index >= 15 is 0 Å². The van der Waals surface area contributed by atoms with Crippen molar-refractivity contribution in [3.63, 3.8) is 0 Å². The monoisotopic (exact) mass is 285 g/mol. The third-order valence-electron chi connectivity index (χ3n) is 2.78. The van der Waals surface area contributed by atoms with Crippen LogP contribution in [0.1, 0.15) is 12.0 Å². The average Bonchev–Trinajstić information content (AvgIpc) is 2.67. The van der Waals surface area contributed by atoms with Gasteiger partial charge in [0.25, 0.3) is 0 Å². The zero-order chi connectivity index (χ0) is 14.0. The van der Waals surface area contributed by atoms with Gasteiger partial charge in [-0.15, -0.1) is 0 Å². The Kier molecular flexibility index (Phi) is 3.57. The van der Waals surface area contributed by atoms with Crippen LogP contribution < -0.4 is 4.31 Å². The van der Waals surface area contributed by atoms with Crippen LogP contribution in [0.25, 0.3) is 6.08 Å². The molecule has 1 aliphatic heterocycles. The van der Waals surface area contributed by atoms with Crippen molar-refractivity contribution in [1.29, 1.82) is 0 Å². The van der Waals surface area contributed by atoms with Crippen LogP contribution in [-0.2, 0) is 14.8 Å². The number of benzene rings is 1. The van der Waals surface area contributed by atoms with Crippen molar-refractivity contribution >= 4 is 27.8 Å². The van der Waals surface area contributed by atoms with Crippen molar-refractivity contribution in [2.75, 3.05) is 16.6 Å². The maximum atomic E-state index is 13.7. The number of carbonyl (C=O) groups is 1. The van der Waals surface area contributed by atoms with Gasteiger partial charge in [0.05, 0.1) is 11.4 Å². The van der Waals surface area contributed by atoms with Crippen molar-refractivity contribution in [2.45, 2.75) is 6.42 Å². The Balaban J connectivity index is 2.32. The second-order valence-electron chi connectivity index (χ2n) is 4.12. The molecule has 1 N–H and O–H groups in total. The van der Waals surface area contributed by atoms with Crippen LogP contribution >= 0.6 is 0 Å². The second kappa shape index (κ2) is 5.00. The van der Waals surface area contributed by atoms with Gasteiger partial charge in [0.2, 0.25) is 10.0 Å². The standard InChI is InChI=1S/C12H12FNO4S/c13-11-8-10(14-6-1-7-19(14,17)18)4-2-9(11)3-5-12(15)16/h2-5,8H,1,6-7H2,(H,15,16). The molecular formula is C12H12FNO4S. The number of carboxylic acids is 1. The summed E-state index contributed by atoms with van der Waals surface area (Å²) in [4.78, 5) is 10.3. The third-order valence-corrected chi connectivity index (χ3v) is 4.65. The molecule has 1 aromatic carbocycles. The largest absolute Gasteiger partial charge is 0.478 e. The van der Waals surface area contributed by atoms with E-state index in [4.69, 9.17) is 5.11 Å². The maximum absolute atomic E-state index is 13.7. The fraction of sp³-hybridized carbons (Fsp3) is 0.250. The highest BCUT2D eigenvalue weighted by molar-refractivity contribution is 7.93. The summed E-state index contributed by atoms with van der Waals surface area (Å²) in [5, 5.41) is 8.46. The van der Waals surface area contributed by atoms with Crippen molar-refractivity contribution < 1.29 is 22.7 Å². The molecule has 1 aliphatic rings. The van der Waals surface area contributed by atoms with Gasteiger partial charge in [-0.1, -0.05) is 0 Å². The van der Waals surface area contributed by atoms with E-state index in [0.717, 1.165) is 18.2 Å². The molecule has 1 saturated heterocycles. The summed E-state index contributed by atoms with van der Waals surface area (Å²) in [7, 11) is -3.34. The number of sulfonamides is 1. The van der Waals surface area contributed by atoms with Crippen LogP contribution in [0.15, 0.2) is 24.3 Å². The van der Waals surface area contributed by atoms with Gasteiger partial charge in [-0.2, -0.15) is 0 Å². The van der Waals surface area contributed by atoms with Crippen LogP contribution in [0.3, 0.4) is 0 Å². The average molecular weight is 285 g/mol. The van der Waals surface area contributed by atoms with E-state index in [1.165, 1.54) is 16.4 Å². The molecule has 0 saturated carbocycles. The Morgan fingerprint density at radius 2 is 2.16 bits per heavy atom. The van der Waals surface area contributed by atoms with Gasteiger partial charge in [-0.05, 0) is 30.7 Å².